The maximum Gasteiger partial charge on any atom is 0.227 e. The van der Waals surface area contributed by atoms with Crippen LogP contribution >= 0.6 is 0 Å². The van der Waals surface area contributed by atoms with Crippen molar-refractivity contribution in [1.82, 2.24) is 24.5 Å². The topological polar surface area (TPSA) is 101 Å². The van der Waals surface area contributed by atoms with E-state index in [-0.39, 0.29) is 18.7 Å². The van der Waals surface area contributed by atoms with E-state index in [0.717, 1.165) is 17.8 Å². The Labute approximate surface area is 146 Å². The molecule has 25 heavy (non-hydrogen) atoms. The molecule has 0 saturated carbocycles. The second-order valence-electron chi connectivity index (χ2n) is 6.11. The zero-order chi connectivity index (χ0) is 17.8. The van der Waals surface area contributed by atoms with Gasteiger partial charge in [0.25, 0.3) is 0 Å². The summed E-state index contributed by atoms with van der Waals surface area (Å²) in [6.45, 7) is 6.18. The van der Waals surface area contributed by atoms with Crippen LogP contribution in [0.2, 0.25) is 0 Å². The zero-order valence-electron chi connectivity index (χ0n) is 14.6. The molecule has 3 aromatic rings. The summed E-state index contributed by atoms with van der Waals surface area (Å²) in [5.74, 6) is 1.08. The number of nitrogens with one attached hydrogen (secondary N) is 2. The van der Waals surface area contributed by atoms with Gasteiger partial charge in [0.15, 0.2) is 17.0 Å². The van der Waals surface area contributed by atoms with Crippen LogP contribution < -0.4 is 10.6 Å². The lowest BCUT2D eigenvalue weighted by molar-refractivity contribution is 0.271. The van der Waals surface area contributed by atoms with Crippen molar-refractivity contribution < 1.29 is 5.11 Å². The van der Waals surface area contributed by atoms with E-state index in [4.69, 9.17) is 0 Å². The molecule has 1 atom stereocenters. The number of aliphatic hydroxyl groups excluding tert-OH is 1. The van der Waals surface area contributed by atoms with Crippen LogP contribution in [-0.4, -0.2) is 42.3 Å². The normalized spacial score (nSPS) is 12.5. The maximum absolute atomic E-state index is 9.45. The number of fused-ring (bicyclic) bond motifs is 1. The first-order chi connectivity index (χ1) is 12.1. The molecule has 0 amide bonds. The van der Waals surface area contributed by atoms with Crippen molar-refractivity contribution >= 4 is 28.6 Å². The highest BCUT2D eigenvalue weighted by Crippen LogP contribution is 2.26. The molecule has 3 aromatic heterocycles. The average Bonchev–Trinajstić information content (AvgIpc) is 3.05. The zero-order valence-corrected chi connectivity index (χ0v) is 14.6. The van der Waals surface area contributed by atoms with Gasteiger partial charge in [-0.15, -0.1) is 0 Å². The Morgan fingerprint density at radius 3 is 2.60 bits per heavy atom. The van der Waals surface area contributed by atoms with E-state index in [1.54, 1.807) is 18.7 Å². The Hall–Kier alpha value is -2.74. The molecule has 0 spiro atoms. The highest BCUT2D eigenvalue weighted by molar-refractivity contribution is 5.86. The number of nitrogens with zero attached hydrogens (tertiary/aromatic N) is 5. The number of aliphatic hydroxyl groups is 1. The van der Waals surface area contributed by atoms with Crippen LogP contribution in [0.15, 0.2) is 30.9 Å². The fourth-order valence-electron chi connectivity index (χ4n) is 2.48. The van der Waals surface area contributed by atoms with E-state index in [2.05, 4.69) is 44.4 Å². The van der Waals surface area contributed by atoms with E-state index < -0.39 is 0 Å². The molecule has 8 heteroatoms. The van der Waals surface area contributed by atoms with E-state index in [1.807, 2.05) is 23.6 Å². The van der Waals surface area contributed by atoms with Gasteiger partial charge in [0.05, 0.1) is 19.0 Å². The molecular weight excluding hydrogens is 318 g/mol. The van der Waals surface area contributed by atoms with Crippen molar-refractivity contribution in [2.45, 2.75) is 39.3 Å². The monoisotopic (exact) mass is 341 g/mol. The molecule has 0 bridgehead atoms. The Kier molecular flexibility index (Phi) is 5.08. The van der Waals surface area contributed by atoms with Crippen molar-refractivity contribution in [2.24, 2.45) is 0 Å². The molecule has 8 nitrogen and oxygen atoms in total. The number of aromatic nitrogens is 5. The maximum atomic E-state index is 9.45. The summed E-state index contributed by atoms with van der Waals surface area (Å²) in [6, 6.07) is 3.86. The fraction of sp³-hybridized carbons (Fsp3) is 0.412. The van der Waals surface area contributed by atoms with E-state index >= 15 is 0 Å². The minimum Gasteiger partial charge on any atom is -0.394 e. The van der Waals surface area contributed by atoms with Crippen LogP contribution in [0.25, 0.3) is 11.2 Å². The minimum absolute atomic E-state index is 0.0223. The third-order valence-electron chi connectivity index (χ3n) is 3.97. The third-order valence-corrected chi connectivity index (χ3v) is 3.97. The molecule has 0 fully saturated rings. The Bertz CT molecular complexity index is 828. The molecule has 0 aliphatic carbocycles. The first-order valence-electron chi connectivity index (χ1n) is 8.41. The summed E-state index contributed by atoms with van der Waals surface area (Å²) in [4.78, 5) is 17.7. The molecular formula is C17H23N7O. The average molecular weight is 341 g/mol. The van der Waals surface area contributed by atoms with Gasteiger partial charge in [-0.3, -0.25) is 4.98 Å². The van der Waals surface area contributed by atoms with Crippen LogP contribution in [0.5, 0.6) is 0 Å². The summed E-state index contributed by atoms with van der Waals surface area (Å²) in [7, 11) is 0. The molecule has 0 aromatic carbocycles. The van der Waals surface area contributed by atoms with Crippen LogP contribution in [0.3, 0.4) is 0 Å². The van der Waals surface area contributed by atoms with Gasteiger partial charge in [-0.05, 0) is 32.4 Å². The van der Waals surface area contributed by atoms with E-state index in [0.29, 0.717) is 17.3 Å². The molecule has 3 rings (SSSR count). The fourth-order valence-corrected chi connectivity index (χ4v) is 2.48. The molecule has 3 N–H and O–H groups in total. The molecule has 3 heterocycles. The lowest BCUT2D eigenvalue weighted by Gasteiger charge is -2.16. The summed E-state index contributed by atoms with van der Waals surface area (Å²) in [5, 5.41) is 15.9. The molecule has 0 aliphatic rings. The molecule has 132 valence electrons. The summed E-state index contributed by atoms with van der Waals surface area (Å²) < 4.78 is 2.00. The van der Waals surface area contributed by atoms with Crippen molar-refractivity contribution in [2.75, 3.05) is 17.2 Å². The van der Waals surface area contributed by atoms with Gasteiger partial charge in [0.1, 0.15) is 0 Å². The highest BCUT2D eigenvalue weighted by Gasteiger charge is 2.16. The first-order valence-corrected chi connectivity index (χ1v) is 8.41. The largest absolute Gasteiger partial charge is 0.394 e. The van der Waals surface area contributed by atoms with Gasteiger partial charge in [0.2, 0.25) is 5.95 Å². The van der Waals surface area contributed by atoms with Crippen molar-refractivity contribution in [3.05, 3.63) is 30.9 Å². The Balaban J connectivity index is 2.06. The molecule has 0 saturated heterocycles. The van der Waals surface area contributed by atoms with Crippen LogP contribution in [0, 0.1) is 0 Å². The van der Waals surface area contributed by atoms with Crippen molar-refractivity contribution in [3.8, 4) is 0 Å². The minimum atomic E-state index is -0.0957. The van der Waals surface area contributed by atoms with Gasteiger partial charge in [0, 0.05) is 24.1 Å². The third kappa shape index (κ3) is 3.69. The summed E-state index contributed by atoms with van der Waals surface area (Å²) in [6.07, 6.45) is 5.97. The van der Waals surface area contributed by atoms with Crippen LogP contribution in [0.4, 0.5) is 17.5 Å². The number of imidazole rings is 1. The number of anilines is 3. The number of pyridine rings is 1. The summed E-state index contributed by atoms with van der Waals surface area (Å²) in [5.41, 5.74) is 2.32. The quantitative estimate of drug-likeness (QED) is 0.607. The number of hydrogen-bond acceptors (Lipinski definition) is 7. The predicted molar refractivity (Wildman–Crippen MR) is 98.0 cm³/mol. The standard InChI is InChI=1S/C17H23N7O/c1-4-12(9-25)21-17-22-15(20-13-5-7-18-8-6-13)14-16(23-17)24(10-19-14)11(2)3/h5-8,10-12,25H,4,9H2,1-3H3,(H2,18,20,21,22,23)/t12-/m1/s1. The van der Waals surface area contributed by atoms with Gasteiger partial charge in [-0.1, -0.05) is 6.92 Å². The number of hydrogen-bond donors (Lipinski definition) is 3. The number of rotatable bonds is 7. The first kappa shape index (κ1) is 17.1. The van der Waals surface area contributed by atoms with Gasteiger partial charge >= 0.3 is 0 Å². The Morgan fingerprint density at radius 1 is 1.20 bits per heavy atom. The Morgan fingerprint density at radius 2 is 1.96 bits per heavy atom. The SMILES string of the molecule is CC[C@H](CO)Nc1nc(Nc2ccncc2)c2ncn(C(C)C)c2n1. The van der Waals surface area contributed by atoms with Crippen molar-refractivity contribution in [3.63, 3.8) is 0 Å². The second-order valence-corrected chi connectivity index (χ2v) is 6.11. The second kappa shape index (κ2) is 7.43. The smallest absolute Gasteiger partial charge is 0.227 e. The van der Waals surface area contributed by atoms with Crippen LogP contribution in [0.1, 0.15) is 33.2 Å². The van der Waals surface area contributed by atoms with Gasteiger partial charge in [-0.25, -0.2) is 4.98 Å². The predicted octanol–water partition coefficient (Wildman–Crippen LogP) is 2.73. The highest BCUT2D eigenvalue weighted by atomic mass is 16.3. The summed E-state index contributed by atoms with van der Waals surface area (Å²) >= 11 is 0. The van der Waals surface area contributed by atoms with Gasteiger partial charge < -0.3 is 20.3 Å². The lowest BCUT2D eigenvalue weighted by Crippen LogP contribution is -2.24. The van der Waals surface area contributed by atoms with Gasteiger partial charge in [-0.2, -0.15) is 9.97 Å². The van der Waals surface area contributed by atoms with E-state index in [9.17, 15) is 5.11 Å². The van der Waals surface area contributed by atoms with Crippen LogP contribution in [-0.2, 0) is 0 Å². The lowest BCUT2D eigenvalue weighted by atomic mass is 10.2. The van der Waals surface area contributed by atoms with Crippen molar-refractivity contribution in [1.29, 1.82) is 0 Å². The molecule has 0 unspecified atom stereocenters. The van der Waals surface area contributed by atoms with E-state index in [1.165, 1.54) is 0 Å². The molecule has 0 aliphatic heterocycles. The molecule has 0 radical (unpaired) electrons.